The second-order valence-corrected chi connectivity index (χ2v) is 5.00. The minimum absolute atomic E-state index is 0.0198. The largest absolute Gasteiger partial charge is 0.378 e. The summed E-state index contributed by atoms with van der Waals surface area (Å²) in [6.07, 6.45) is -0.512. The number of alkyl halides is 1. The van der Waals surface area contributed by atoms with Crippen molar-refractivity contribution in [1.29, 1.82) is 0 Å². The summed E-state index contributed by atoms with van der Waals surface area (Å²) in [6, 6.07) is 6.26. The third kappa shape index (κ3) is 3.78. The molecule has 6 heteroatoms. The molecule has 0 bridgehead atoms. The van der Waals surface area contributed by atoms with Gasteiger partial charge in [0.15, 0.2) is 0 Å². The van der Waals surface area contributed by atoms with Gasteiger partial charge in [-0.1, -0.05) is 12.1 Å². The quantitative estimate of drug-likeness (QED) is 0.885. The van der Waals surface area contributed by atoms with Crippen LogP contribution in [0.5, 0.6) is 0 Å². The molecule has 1 aliphatic rings. The van der Waals surface area contributed by atoms with Gasteiger partial charge in [-0.3, -0.25) is 4.79 Å². The lowest BCUT2D eigenvalue weighted by atomic mass is 10.0. The Bertz CT molecular complexity index is 460. The number of methoxy groups -OCH3 is 1. The fourth-order valence-corrected chi connectivity index (χ4v) is 2.40. The Morgan fingerprint density at radius 2 is 2.00 bits per heavy atom. The van der Waals surface area contributed by atoms with Gasteiger partial charge in [0.1, 0.15) is 6.67 Å². The van der Waals surface area contributed by atoms with Gasteiger partial charge in [0.05, 0.1) is 25.4 Å². The van der Waals surface area contributed by atoms with E-state index >= 15 is 0 Å². The number of ether oxygens (including phenoxy) is 2. The van der Waals surface area contributed by atoms with Gasteiger partial charge in [-0.05, 0) is 17.7 Å². The van der Waals surface area contributed by atoms with E-state index in [2.05, 4.69) is 0 Å². The fraction of sp³-hybridized carbons (Fsp3) is 0.533. The maximum Gasteiger partial charge on any atom is 0.254 e. The molecule has 1 amide bonds. The van der Waals surface area contributed by atoms with E-state index in [1.165, 1.54) is 7.11 Å². The average Bonchev–Trinajstić information content (AvgIpc) is 2.56. The molecule has 5 nitrogen and oxygen atoms in total. The summed E-state index contributed by atoms with van der Waals surface area (Å²) in [4.78, 5) is 14.1. The number of nitrogens with zero attached hydrogens (tertiary/aromatic N) is 1. The van der Waals surface area contributed by atoms with E-state index in [1.807, 2.05) is 0 Å². The molecule has 0 aromatic heterocycles. The molecule has 1 heterocycles. The highest BCUT2D eigenvalue weighted by molar-refractivity contribution is 5.94. The Kier molecular flexibility index (Phi) is 5.67. The molecule has 0 radical (unpaired) electrons. The molecule has 1 fully saturated rings. The predicted octanol–water partition coefficient (Wildman–Crippen LogP) is 1.14. The second-order valence-electron chi connectivity index (χ2n) is 5.00. The van der Waals surface area contributed by atoms with Crippen LogP contribution in [0, 0.1) is 0 Å². The number of carbonyl (C=O) groups is 1. The Morgan fingerprint density at radius 3 is 2.52 bits per heavy atom. The third-order valence-corrected chi connectivity index (χ3v) is 3.61. The van der Waals surface area contributed by atoms with Crippen LogP contribution in [0.4, 0.5) is 4.39 Å². The molecule has 116 valence electrons. The number of rotatable bonds is 5. The summed E-state index contributed by atoms with van der Waals surface area (Å²) < 4.78 is 23.1. The number of benzene rings is 1. The van der Waals surface area contributed by atoms with Gasteiger partial charge >= 0.3 is 0 Å². The summed E-state index contributed by atoms with van der Waals surface area (Å²) in [5.41, 5.74) is 7.05. The highest BCUT2D eigenvalue weighted by Gasteiger charge is 2.21. The highest BCUT2D eigenvalue weighted by atomic mass is 19.1. The van der Waals surface area contributed by atoms with Crippen molar-refractivity contribution in [1.82, 2.24) is 4.90 Å². The van der Waals surface area contributed by atoms with Gasteiger partial charge in [0, 0.05) is 25.8 Å². The van der Waals surface area contributed by atoms with E-state index in [1.54, 1.807) is 29.2 Å². The van der Waals surface area contributed by atoms with Gasteiger partial charge in [-0.2, -0.15) is 0 Å². The third-order valence-electron chi connectivity index (χ3n) is 3.61. The van der Waals surface area contributed by atoms with Gasteiger partial charge in [0.2, 0.25) is 0 Å². The molecule has 1 aliphatic heterocycles. The number of morpholine rings is 1. The Hall–Kier alpha value is -1.50. The first-order chi connectivity index (χ1) is 10.2. The van der Waals surface area contributed by atoms with Gasteiger partial charge in [-0.15, -0.1) is 0 Å². The number of amides is 1. The van der Waals surface area contributed by atoms with Crippen LogP contribution in [-0.4, -0.2) is 56.9 Å². The number of halogens is 1. The molecule has 0 spiro atoms. The lowest BCUT2D eigenvalue weighted by molar-refractivity contribution is 0.0302. The number of hydrogen-bond donors (Lipinski definition) is 1. The van der Waals surface area contributed by atoms with Crippen LogP contribution in [0.25, 0.3) is 0 Å². The van der Waals surface area contributed by atoms with Gasteiger partial charge in [-0.25, -0.2) is 4.39 Å². The second kappa shape index (κ2) is 7.49. The first-order valence-electron chi connectivity index (χ1n) is 6.98. The Labute approximate surface area is 123 Å². The van der Waals surface area contributed by atoms with Crippen molar-refractivity contribution in [2.45, 2.75) is 12.1 Å². The zero-order valence-electron chi connectivity index (χ0n) is 12.1. The molecule has 1 saturated heterocycles. The molecule has 2 N–H and O–H groups in total. The summed E-state index contributed by atoms with van der Waals surface area (Å²) >= 11 is 0. The first-order valence-corrected chi connectivity index (χ1v) is 6.98. The minimum atomic E-state index is -0.712. The molecule has 0 saturated carbocycles. The van der Waals surface area contributed by atoms with Crippen LogP contribution in [0.3, 0.4) is 0 Å². The topological polar surface area (TPSA) is 64.8 Å². The van der Waals surface area contributed by atoms with Gasteiger partial charge in [0.25, 0.3) is 5.91 Å². The summed E-state index contributed by atoms with van der Waals surface area (Å²) in [6.45, 7) is 1.69. The van der Waals surface area contributed by atoms with E-state index in [9.17, 15) is 9.18 Å². The zero-order valence-corrected chi connectivity index (χ0v) is 12.1. The maximum atomic E-state index is 12.7. The van der Waals surface area contributed by atoms with Crippen molar-refractivity contribution in [2.75, 3.05) is 40.1 Å². The summed E-state index contributed by atoms with van der Waals surface area (Å²) in [7, 11) is 1.49. The first kappa shape index (κ1) is 15.9. The van der Waals surface area contributed by atoms with E-state index in [0.717, 1.165) is 5.56 Å². The maximum absolute atomic E-state index is 12.7. The van der Waals surface area contributed by atoms with Crippen LogP contribution >= 0.6 is 0 Å². The molecular formula is C15H21FN2O3. The fourth-order valence-electron chi connectivity index (χ4n) is 2.40. The molecule has 1 aromatic rings. The number of nitrogens with two attached hydrogens (primary N) is 1. The van der Waals surface area contributed by atoms with Crippen LogP contribution in [0.1, 0.15) is 22.0 Å². The lowest BCUT2D eigenvalue weighted by Crippen LogP contribution is -2.40. The van der Waals surface area contributed by atoms with Crippen molar-refractivity contribution in [3.05, 3.63) is 35.4 Å². The van der Waals surface area contributed by atoms with Crippen LogP contribution in [-0.2, 0) is 9.47 Å². The average molecular weight is 296 g/mol. The van der Waals surface area contributed by atoms with Crippen molar-refractivity contribution < 1.29 is 18.7 Å². The molecule has 2 rings (SSSR count). The Balaban J connectivity index is 2.08. The summed E-state index contributed by atoms with van der Waals surface area (Å²) in [5.74, 6) is -0.0198. The van der Waals surface area contributed by atoms with E-state index in [-0.39, 0.29) is 5.91 Å². The zero-order chi connectivity index (χ0) is 15.2. The normalized spacial score (nSPS) is 18.3. The molecule has 21 heavy (non-hydrogen) atoms. The lowest BCUT2D eigenvalue weighted by Gasteiger charge is -2.27. The molecule has 2 atom stereocenters. The monoisotopic (exact) mass is 296 g/mol. The van der Waals surface area contributed by atoms with Crippen molar-refractivity contribution in [3.63, 3.8) is 0 Å². The van der Waals surface area contributed by atoms with Crippen molar-refractivity contribution in [2.24, 2.45) is 5.73 Å². The highest BCUT2D eigenvalue weighted by Crippen LogP contribution is 2.21. The molecule has 2 unspecified atom stereocenters. The SMILES string of the molecule is COC(c1ccc(C(=O)N2CCOCC2)cc1)C(N)CF. The standard InChI is InChI=1S/C15H21FN2O3/c1-20-14(13(17)10-16)11-2-4-12(5-3-11)15(19)18-6-8-21-9-7-18/h2-5,13-14H,6-10,17H2,1H3. The smallest absolute Gasteiger partial charge is 0.254 e. The van der Waals surface area contributed by atoms with Crippen LogP contribution in [0.2, 0.25) is 0 Å². The molecule has 0 aliphatic carbocycles. The number of hydrogen-bond acceptors (Lipinski definition) is 4. The van der Waals surface area contributed by atoms with E-state index in [0.29, 0.717) is 31.9 Å². The van der Waals surface area contributed by atoms with Crippen LogP contribution < -0.4 is 5.73 Å². The number of carbonyl (C=O) groups excluding carboxylic acids is 1. The van der Waals surface area contributed by atoms with Crippen LogP contribution in [0.15, 0.2) is 24.3 Å². The van der Waals surface area contributed by atoms with Gasteiger partial charge < -0.3 is 20.1 Å². The predicted molar refractivity (Wildman–Crippen MR) is 76.9 cm³/mol. The minimum Gasteiger partial charge on any atom is -0.378 e. The van der Waals surface area contributed by atoms with E-state index in [4.69, 9.17) is 15.2 Å². The molecular weight excluding hydrogens is 275 g/mol. The molecule has 1 aromatic carbocycles. The van der Waals surface area contributed by atoms with Crippen molar-refractivity contribution >= 4 is 5.91 Å². The summed E-state index contributed by atoms with van der Waals surface area (Å²) in [5, 5.41) is 0. The van der Waals surface area contributed by atoms with E-state index < -0.39 is 18.8 Å². The Morgan fingerprint density at radius 1 is 1.38 bits per heavy atom. The van der Waals surface area contributed by atoms with Crippen molar-refractivity contribution in [3.8, 4) is 0 Å².